The van der Waals surface area contributed by atoms with Crippen molar-refractivity contribution in [3.05, 3.63) is 36.0 Å². The molecule has 1 saturated carbocycles. The van der Waals surface area contributed by atoms with Crippen LogP contribution in [-0.2, 0) is 0 Å². The van der Waals surface area contributed by atoms with Crippen molar-refractivity contribution in [3.63, 3.8) is 0 Å². The van der Waals surface area contributed by atoms with Crippen LogP contribution < -0.4 is 5.32 Å². The predicted octanol–water partition coefficient (Wildman–Crippen LogP) is 2.24. The summed E-state index contributed by atoms with van der Waals surface area (Å²) in [5.74, 6) is 2.29. The monoisotopic (exact) mass is 295 g/mol. The number of fused-ring (bicyclic) bond motifs is 1. The summed E-state index contributed by atoms with van der Waals surface area (Å²) in [5.41, 5.74) is 1.86. The molecule has 0 unspecified atom stereocenters. The molecule has 1 aromatic carbocycles. The Balaban J connectivity index is 1.38. The first-order valence-electron chi connectivity index (χ1n) is 8.36. The van der Waals surface area contributed by atoms with Gasteiger partial charge in [0.2, 0.25) is 0 Å². The Kier molecular flexibility index (Phi) is 2.65. The molecule has 4 bridgehead atoms. The number of rotatable bonds is 2. The molecule has 1 amide bonds. The molecule has 6 rings (SSSR count). The molecule has 4 nitrogen and oxygen atoms in total. The number of nitrogens with zero attached hydrogens (tertiary/aromatic N) is 1. The van der Waals surface area contributed by atoms with E-state index < -0.39 is 0 Å². The van der Waals surface area contributed by atoms with Gasteiger partial charge in [-0.25, -0.2) is 0 Å². The quantitative estimate of drug-likeness (QED) is 0.892. The van der Waals surface area contributed by atoms with Gasteiger partial charge in [-0.2, -0.15) is 0 Å². The summed E-state index contributed by atoms with van der Waals surface area (Å²) in [7, 11) is 0. The van der Waals surface area contributed by atoms with Crippen molar-refractivity contribution in [2.75, 3.05) is 19.6 Å². The highest BCUT2D eigenvalue weighted by Gasteiger charge is 2.47. The van der Waals surface area contributed by atoms with E-state index in [0.717, 1.165) is 22.4 Å². The van der Waals surface area contributed by atoms with Gasteiger partial charge in [-0.1, -0.05) is 0 Å². The van der Waals surface area contributed by atoms with Gasteiger partial charge in [0.15, 0.2) is 0 Å². The number of benzene rings is 1. The molecule has 0 spiro atoms. The Morgan fingerprint density at radius 2 is 1.95 bits per heavy atom. The van der Waals surface area contributed by atoms with E-state index in [-0.39, 0.29) is 5.91 Å². The van der Waals surface area contributed by atoms with Crippen molar-refractivity contribution in [1.82, 2.24) is 15.2 Å². The van der Waals surface area contributed by atoms with Crippen molar-refractivity contribution < 1.29 is 4.79 Å². The number of aromatic amines is 1. The topological polar surface area (TPSA) is 48.1 Å². The van der Waals surface area contributed by atoms with E-state index in [1.807, 2.05) is 30.5 Å². The van der Waals surface area contributed by atoms with Crippen LogP contribution in [0.25, 0.3) is 10.9 Å². The Bertz CT molecular complexity index is 707. The molecular formula is C18H21N3O. The molecule has 1 aliphatic carbocycles. The first-order chi connectivity index (χ1) is 10.8. The zero-order chi connectivity index (χ0) is 14.7. The van der Waals surface area contributed by atoms with E-state index in [1.165, 1.54) is 32.5 Å². The second-order valence-corrected chi connectivity index (χ2v) is 7.36. The third kappa shape index (κ3) is 1.90. The van der Waals surface area contributed by atoms with Gasteiger partial charge in [-0.15, -0.1) is 0 Å². The van der Waals surface area contributed by atoms with Gasteiger partial charge < -0.3 is 15.2 Å². The normalized spacial score (nSPS) is 35.9. The molecule has 114 valence electrons. The van der Waals surface area contributed by atoms with E-state index in [9.17, 15) is 4.79 Å². The summed E-state index contributed by atoms with van der Waals surface area (Å²) in [6, 6.07) is 8.30. The summed E-state index contributed by atoms with van der Waals surface area (Å²) in [5, 5.41) is 4.46. The van der Waals surface area contributed by atoms with Gasteiger partial charge in [0.1, 0.15) is 0 Å². The molecule has 22 heavy (non-hydrogen) atoms. The molecule has 3 aliphatic heterocycles. The van der Waals surface area contributed by atoms with Crippen molar-refractivity contribution in [1.29, 1.82) is 0 Å². The van der Waals surface area contributed by atoms with Crippen LogP contribution in [-0.4, -0.2) is 41.5 Å². The fraction of sp³-hybridized carbons (Fsp3) is 0.500. The minimum atomic E-state index is 0.0931. The van der Waals surface area contributed by atoms with Crippen LogP contribution in [0.3, 0.4) is 0 Å². The Hall–Kier alpha value is -1.81. The third-order valence-electron chi connectivity index (χ3n) is 5.90. The molecule has 4 heterocycles. The van der Waals surface area contributed by atoms with Crippen molar-refractivity contribution >= 4 is 16.8 Å². The van der Waals surface area contributed by atoms with Crippen molar-refractivity contribution in [2.24, 2.45) is 17.8 Å². The maximum Gasteiger partial charge on any atom is 0.251 e. The first kappa shape index (κ1) is 12.7. The number of carbonyl (C=O) groups is 1. The van der Waals surface area contributed by atoms with E-state index >= 15 is 0 Å². The molecule has 3 saturated heterocycles. The van der Waals surface area contributed by atoms with Crippen molar-refractivity contribution in [2.45, 2.75) is 18.9 Å². The van der Waals surface area contributed by atoms with Crippen LogP contribution in [0.1, 0.15) is 23.2 Å². The van der Waals surface area contributed by atoms with Crippen LogP contribution in [0.2, 0.25) is 0 Å². The minimum Gasteiger partial charge on any atom is -0.361 e. The number of H-pyrrole nitrogens is 1. The highest BCUT2D eigenvalue weighted by molar-refractivity contribution is 5.98. The Morgan fingerprint density at radius 3 is 2.73 bits per heavy atom. The van der Waals surface area contributed by atoms with Crippen LogP contribution in [0.4, 0.5) is 0 Å². The lowest BCUT2D eigenvalue weighted by atomic mass is 9.65. The van der Waals surface area contributed by atoms with E-state index in [1.54, 1.807) is 0 Å². The second-order valence-electron chi connectivity index (χ2n) is 7.36. The largest absolute Gasteiger partial charge is 0.361 e. The minimum absolute atomic E-state index is 0.0931. The molecule has 1 aromatic heterocycles. The van der Waals surface area contributed by atoms with Crippen LogP contribution >= 0.6 is 0 Å². The fourth-order valence-electron chi connectivity index (χ4n) is 5.07. The lowest BCUT2D eigenvalue weighted by Crippen LogP contribution is -2.64. The van der Waals surface area contributed by atoms with Crippen LogP contribution in [0, 0.1) is 17.8 Å². The number of aromatic nitrogens is 1. The number of hydrogen-bond acceptors (Lipinski definition) is 2. The lowest BCUT2D eigenvalue weighted by Gasteiger charge is -2.55. The molecule has 4 fully saturated rings. The molecular weight excluding hydrogens is 274 g/mol. The number of nitrogens with one attached hydrogen (secondary N) is 2. The predicted molar refractivity (Wildman–Crippen MR) is 85.7 cm³/mol. The van der Waals surface area contributed by atoms with Crippen LogP contribution in [0.5, 0.6) is 0 Å². The highest BCUT2D eigenvalue weighted by Crippen LogP contribution is 2.43. The Morgan fingerprint density at radius 1 is 1.14 bits per heavy atom. The standard InChI is InChI=1S/C18H21N3O/c22-18(13-1-2-16-12(7-13)3-4-19-16)20-17-14-5-11-6-15(17)10-21(8-11)9-14/h1-4,7,11,14-15,17,19H,5-6,8-10H2,(H,20,22)/t11?,14-,15-,17?/m0/s1. The van der Waals surface area contributed by atoms with Gasteiger partial charge in [-0.05, 0) is 54.9 Å². The maximum absolute atomic E-state index is 12.7. The molecule has 2 aromatic rings. The Labute approximate surface area is 129 Å². The summed E-state index contributed by atoms with van der Waals surface area (Å²) < 4.78 is 0. The van der Waals surface area contributed by atoms with Crippen LogP contribution in [0.15, 0.2) is 30.5 Å². The van der Waals surface area contributed by atoms with Gasteiger partial charge in [0.05, 0.1) is 0 Å². The second kappa shape index (κ2) is 4.59. The maximum atomic E-state index is 12.7. The first-order valence-corrected chi connectivity index (χ1v) is 8.36. The van der Waals surface area contributed by atoms with E-state index in [4.69, 9.17) is 0 Å². The summed E-state index contributed by atoms with van der Waals surface area (Å²) >= 11 is 0. The zero-order valence-electron chi connectivity index (χ0n) is 12.6. The number of amides is 1. The van der Waals surface area contributed by atoms with E-state index in [2.05, 4.69) is 15.2 Å². The van der Waals surface area contributed by atoms with Gasteiger partial charge in [0.25, 0.3) is 5.91 Å². The molecule has 4 aliphatic rings. The third-order valence-corrected chi connectivity index (χ3v) is 5.90. The zero-order valence-corrected chi connectivity index (χ0v) is 12.6. The lowest BCUT2D eigenvalue weighted by molar-refractivity contribution is -0.0418. The van der Waals surface area contributed by atoms with Gasteiger partial charge >= 0.3 is 0 Å². The molecule has 0 radical (unpaired) electrons. The smallest absolute Gasteiger partial charge is 0.251 e. The summed E-state index contributed by atoms with van der Waals surface area (Å²) in [4.78, 5) is 18.4. The number of hydrogen-bond donors (Lipinski definition) is 2. The highest BCUT2D eigenvalue weighted by atomic mass is 16.1. The summed E-state index contributed by atoms with van der Waals surface area (Å²) in [6.45, 7) is 3.64. The fourth-order valence-corrected chi connectivity index (χ4v) is 5.07. The average Bonchev–Trinajstić information content (AvgIpc) is 2.97. The van der Waals surface area contributed by atoms with Crippen molar-refractivity contribution in [3.8, 4) is 0 Å². The molecule has 2 N–H and O–H groups in total. The van der Waals surface area contributed by atoms with Gasteiger partial charge in [-0.3, -0.25) is 4.79 Å². The summed E-state index contributed by atoms with van der Waals surface area (Å²) in [6.07, 6.45) is 4.52. The number of carbonyl (C=O) groups excluding carboxylic acids is 1. The average molecular weight is 295 g/mol. The SMILES string of the molecule is O=C(NC1[C@H]2CC3C[C@H]1CN(C3)C2)c1ccc2[nH]ccc2c1. The van der Waals surface area contributed by atoms with Gasteiger partial charge in [0, 0.05) is 48.3 Å². The molecule has 4 heteroatoms. The molecule has 2 atom stereocenters. The van der Waals surface area contributed by atoms with E-state index in [0.29, 0.717) is 17.9 Å². The number of piperidine rings is 3.